The van der Waals surface area contributed by atoms with E-state index in [1.807, 2.05) is 4.98 Å². The van der Waals surface area contributed by atoms with Gasteiger partial charge in [-0.05, 0) is 6.42 Å². The summed E-state index contributed by atoms with van der Waals surface area (Å²) in [6.07, 6.45) is -3.07. The molecule has 1 saturated heterocycles. The van der Waals surface area contributed by atoms with Crippen LogP contribution in [0.5, 0.6) is 0 Å². The number of aliphatic hydroxyl groups is 2. The Hall–Kier alpha value is -1.51. The summed E-state index contributed by atoms with van der Waals surface area (Å²) in [4.78, 5) is 24.6. The predicted octanol–water partition coefficient (Wildman–Crippen LogP) is -1.09. The van der Waals surface area contributed by atoms with Crippen LogP contribution in [0.25, 0.3) is 0 Å². The van der Waals surface area contributed by atoms with Crippen LogP contribution in [0.4, 0.5) is 4.39 Å². The van der Waals surface area contributed by atoms with E-state index in [0.717, 1.165) is 16.8 Å². The smallest absolute Gasteiger partial charge is 0.330 e. The third-order valence-electron chi connectivity index (χ3n) is 3.38. The quantitative estimate of drug-likeness (QED) is 0.649. The number of aromatic amines is 1. The summed E-state index contributed by atoms with van der Waals surface area (Å²) >= 11 is 0. The average molecular weight is 274 g/mol. The summed E-state index contributed by atoms with van der Waals surface area (Å²) in [5.74, 6) is 0. The Kier molecular flexibility index (Phi) is 3.57. The number of ether oxygens (including phenoxy) is 1. The van der Waals surface area contributed by atoms with Crippen LogP contribution in [0.2, 0.25) is 0 Å². The van der Waals surface area contributed by atoms with Crippen molar-refractivity contribution in [2.45, 2.75) is 37.4 Å². The molecule has 19 heavy (non-hydrogen) atoms. The maximum Gasteiger partial charge on any atom is 0.330 e. The zero-order valence-corrected chi connectivity index (χ0v) is 10.2. The highest BCUT2D eigenvalue weighted by molar-refractivity contribution is 5.02. The molecule has 8 heteroatoms. The molecule has 0 radical (unpaired) electrons. The molecule has 0 aliphatic carbocycles. The van der Waals surface area contributed by atoms with E-state index in [-0.39, 0.29) is 6.42 Å². The molecular formula is C11H15FN2O5. The second kappa shape index (κ2) is 4.87. The molecule has 2 rings (SSSR count). The van der Waals surface area contributed by atoms with Crippen molar-refractivity contribution >= 4 is 0 Å². The summed E-state index contributed by atoms with van der Waals surface area (Å²) in [6.45, 7) is 0.928. The Bertz CT molecular complexity index is 571. The van der Waals surface area contributed by atoms with Crippen LogP contribution in [-0.4, -0.2) is 44.2 Å². The Balaban J connectivity index is 2.48. The van der Waals surface area contributed by atoms with Crippen molar-refractivity contribution in [3.63, 3.8) is 0 Å². The van der Waals surface area contributed by atoms with Crippen LogP contribution < -0.4 is 11.2 Å². The normalized spacial score (nSPS) is 34.6. The van der Waals surface area contributed by atoms with E-state index in [2.05, 4.69) is 0 Å². The van der Waals surface area contributed by atoms with E-state index in [1.165, 1.54) is 6.92 Å². The second-order valence-corrected chi connectivity index (χ2v) is 4.45. The van der Waals surface area contributed by atoms with Gasteiger partial charge in [-0.15, -0.1) is 0 Å². The first kappa shape index (κ1) is 13.9. The highest BCUT2D eigenvalue weighted by Crippen LogP contribution is 2.42. The van der Waals surface area contributed by atoms with Crippen LogP contribution in [0.1, 0.15) is 19.6 Å². The fraction of sp³-hybridized carbons (Fsp3) is 0.636. The lowest BCUT2D eigenvalue weighted by Crippen LogP contribution is -2.45. The van der Waals surface area contributed by atoms with Gasteiger partial charge in [-0.1, -0.05) is 6.92 Å². The van der Waals surface area contributed by atoms with Crippen molar-refractivity contribution in [2.75, 3.05) is 6.61 Å². The highest BCUT2D eigenvalue weighted by Gasteiger charge is 2.57. The third-order valence-corrected chi connectivity index (χ3v) is 3.38. The molecular weight excluding hydrogens is 259 g/mol. The minimum Gasteiger partial charge on any atom is -0.394 e. The first-order valence-corrected chi connectivity index (χ1v) is 5.88. The molecule has 2 heterocycles. The van der Waals surface area contributed by atoms with Crippen molar-refractivity contribution in [1.29, 1.82) is 0 Å². The van der Waals surface area contributed by atoms with Gasteiger partial charge in [0.15, 0.2) is 11.9 Å². The monoisotopic (exact) mass is 274 g/mol. The van der Waals surface area contributed by atoms with Crippen molar-refractivity contribution in [2.24, 2.45) is 0 Å². The molecule has 0 bridgehead atoms. The number of aliphatic hydroxyl groups excluding tert-OH is 2. The van der Waals surface area contributed by atoms with Gasteiger partial charge in [0.1, 0.15) is 12.2 Å². The number of hydrogen-bond donors (Lipinski definition) is 3. The Morgan fingerprint density at radius 1 is 1.58 bits per heavy atom. The fourth-order valence-corrected chi connectivity index (χ4v) is 2.24. The Morgan fingerprint density at radius 3 is 2.79 bits per heavy atom. The molecule has 0 spiro atoms. The molecule has 0 amide bonds. The van der Waals surface area contributed by atoms with Crippen LogP contribution in [0, 0.1) is 0 Å². The largest absolute Gasteiger partial charge is 0.394 e. The van der Waals surface area contributed by atoms with Crippen LogP contribution in [0.15, 0.2) is 21.9 Å². The summed E-state index contributed by atoms with van der Waals surface area (Å²) in [6, 6.07) is 1.06. The van der Waals surface area contributed by atoms with Crippen LogP contribution in [0.3, 0.4) is 0 Å². The van der Waals surface area contributed by atoms with Gasteiger partial charge < -0.3 is 14.9 Å². The fourth-order valence-electron chi connectivity index (χ4n) is 2.24. The molecule has 1 aliphatic heterocycles. The minimum absolute atomic E-state index is 0.110. The zero-order chi connectivity index (χ0) is 14.2. The number of hydrogen-bond acceptors (Lipinski definition) is 5. The van der Waals surface area contributed by atoms with Gasteiger partial charge in [0.25, 0.3) is 5.56 Å². The maximum atomic E-state index is 14.8. The number of halogens is 1. The summed E-state index contributed by atoms with van der Waals surface area (Å²) < 4.78 is 20.8. The van der Waals surface area contributed by atoms with Gasteiger partial charge >= 0.3 is 5.69 Å². The van der Waals surface area contributed by atoms with Crippen molar-refractivity contribution in [3.8, 4) is 0 Å². The van der Waals surface area contributed by atoms with Crippen molar-refractivity contribution in [3.05, 3.63) is 33.1 Å². The summed E-state index contributed by atoms with van der Waals surface area (Å²) in [5, 5.41) is 18.9. The molecule has 3 N–H and O–H groups in total. The molecule has 4 atom stereocenters. The number of H-pyrrole nitrogens is 1. The van der Waals surface area contributed by atoms with E-state index in [4.69, 9.17) is 9.84 Å². The molecule has 0 aromatic carbocycles. The van der Waals surface area contributed by atoms with E-state index >= 15 is 0 Å². The molecule has 1 aromatic heterocycles. The van der Waals surface area contributed by atoms with Gasteiger partial charge in [0, 0.05) is 12.3 Å². The second-order valence-electron chi connectivity index (χ2n) is 4.45. The maximum absolute atomic E-state index is 14.8. The molecule has 1 fully saturated rings. The number of aromatic nitrogens is 2. The standard InChI is InChI=1S/C11H15FN2O5/c1-2-11(12)8(17)6(5-15)19-9(11)14-4-3-7(16)13-10(14)18/h3-4,6,8-9,15,17H,2,5H2,1H3,(H,13,16,18)/t6?,8-,9?,11-/m1/s1. The molecule has 7 nitrogen and oxygen atoms in total. The van der Waals surface area contributed by atoms with E-state index in [9.17, 15) is 19.1 Å². The van der Waals surface area contributed by atoms with Gasteiger partial charge in [0.2, 0.25) is 0 Å². The minimum atomic E-state index is -2.21. The van der Waals surface area contributed by atoms with E-state index in [1.54, 1.807) is 0 Å². The molecule has 1 aliphatic rings. The molecule has 0 saturated carbocycles. The van der Waals surface area contributed by atoms with Gasteiger partial charge in [-0.25, -0.2) is 9.18 Å². The van der Waals surface area contributed by atoms with E-state index in [0.29, 0.717) is 0 Å². The lowest BCUT2D eigenvalue weighted by Gasteiger charge is -2.27. The molecule has 1 aromatic rings. The average Bonchev–Trinajstić information content (AvgIpc) is 2.63. The first-order chi connectivity index (χ1) is 8.93. The predicted molar refractivity (Wildman–Crippen MR) is 62.5 cm³/mol. The van der Waals surface area contributed by atoms with Gasteiger partial charge in [-0.2, -0.15) is 0 Å². The Labute approximate surface area is 107 Å². The van der Waals surface area contributed by atoms with E-state index < -0.39 is 42.0 Å². The van der Waals surface area contributed by atoms with Gasteiger partial charge in [0.05, 0.1) is 6.61 Å². The summed E-state index contributed by atoms with van der Waals surface area (Å²) in [5.41, 5.74) is -3.66. The molecule has 106 valence electrons. The number of nitrogens with zero attached hydrogens (tertiary/aromatic N) is 1. The highest BCUT2D eigenvalue weighted by atomic mass is 19.1. The van der Waals surface area contributed by atoms with Crippen molar-refractivity contribution < 1.29 is 19.3 Å². The Morgan fingerprint density at radius 2 is 2.26 bits per heavy atom. The first-order valence-electron chi connectivity index (χ1n) is 5.88. The SMILES string of the molecule is CC[C@]1(F)C(n2ccc(=O)[nH]c2=O)OC(CO)[C@H]1O. The lowest BCUT2D eigenvalue weighted by molar-refractivity contribution is -0.0675. The van der Waals surface area contributed by atoms with Crippen molar-refractivity contribution in [1.82, 2.24) is 9.55 Å². The molecule has 2 unspecified atom stereocenters. The number of rotatable bonds is 3. The zero-order valence-electron chi connectivity index (χ0n) is 10.2. The lowest BCUT2D eigenvalue weighted by atomic mass is 9.93. The third kappa shape index (κ3) is 2.11. The number of nitrogens with one attached hydrogen (secondary N) is 1. The topological polar surface area (TPSA) is 105 Å². The van der Waals surface area contributed by atoms with Crippen LogP contribution >= 0.6 is 0 Å². The number of alkyl halides is 1. The summed E-state index contributed by atoms with van der Waals surface area (Å²) in [7, 11) is 0. The van der Waals surface area contributed by atoms with Crippen LogP contribution in [-0.2, 0) is 4.74 Å². The van der Waals surface area contributed by atoms with Gasteiger partial charge in [-0.3, -0.25) is 14.3 Å².